The van der Waals surface area contributed by atoms with Crippen LogP contribution in [0.1, 0.15) is 63.8 Å². The van der Waals surface area contributed by atoms with Gasteiger partial charge in [0.1, 0.15) is 5.75 Å². The van der Waals surface area contributed by atoms with Crippen molar-refractivity contribution in [2.75, 3.05) is 5.01 Å². The molecule has 0 saturated carbocycles. The molecule has 1 N–H and O–H groups in total. The van der Waals surface area contributed by atoms with Crippen LogP contribution in [0.15, 0.2) is 77.9 Å². The Morgan fingerprint density at radius 1 is 0.774 bits per heavy atom. The first-order chi connectivity index (χ1) is 14.6. The lowest BCUT2D eigenvalue weighted by Crippen LogP contribution is -2.18. The van der Waals surface area contributed by atoms with Gasteiger partial charge < -0.3 is 5.11 Å². The number of phenolic OH excluding ortho intramolecular Hbond substituents is 1. The summed E-state index contributed by atoms with van der Waals surface area (Å²) in [5, 5.41) is 17.9. The second kappa shape index (κ2) is 8.97. The number of para-hydroxylation sites is 1. The van der Waals surface area contributed by atoms with Gasteiger partial charge in [0.25, 0.3) is 0 Å². The number of phenols is 1. The number of hydrogen-bond donors (Lipinski definition) is 1. The standard InChI is InChI=1S/C28H34N2O/c1-27(2,3)24-17-22(18-25(26(24)31)28(4,5)6)19-29-30(23-15-11-8-12-16-23)20-21-13-9-7-10-14-21/h7-19,31H,20H2,1-6H3/b29-19-. The summed E-state index contributed by atoms with van der Waals surface area (Å²) in [6.45, 7) is 13.4. The van der Waals surface area contributed by atoms with E-state index in [2.05, 4.69) is 77.9 Å². The van der Waals surface area contributed by atoms with E-state index >= 15 is 0 Å². The summed E-state index contributed by atoms with van der Waals surface area (Å²) in [5.74, 6) is 0.390. The van der Waals surface area contributed by atoms with Crippen LogP contribution < -0.4 is 5.01 Å². The number of anilines is 1. The third-order valence-corrected chi connectivity index (χ3v) is 5.32. The summed E-state index contributed by atoms with van der Waals surface area (Å²) in [6, 6.07) is 24.7. The van der Waals surface area contributed by atoms with E-state index in [1.165, 1.54) is 5.56 Å². The van der Waals surface area contributed by atoms with Crippen LogP contribution in [0.25, 0.3) is 0 Å². The van der Waals surface area contributed by atoms with Crippen LogP contribution in [0.5, 0.6) is 5.75 Å². The van der Waals surface area contributed by atoms with Gasteiger partial charge in [-0.2, -0.15) is 5.10 Å². The zero-order valence-corrected chi connectivity index (χ0v) is 19.6. The number of nitrogens with zero attached hydrogens (tertiary/aromatic N) is 2. The third kappa shape index (κ3) is 5.75. The average Bonchev–Trinajstić information content (AvgIpc) is 2.71. The second-order valence-electron chi connectivity index (χ2n) is 10.1. The van der Waals surface area contributed by atoms with Crippen LogP contribution in [0, 0.1) is 0 Å². The molecular formula is C28H34N2O. The van der Waals surface area contributed by atoms with Crippen LogP contribution in [0.3, 0.4) is 0 Å². The van der Waals surface area contributed by atoms with Crippen molar-refractivity contribution in [1.29, 1.82) is 0 Å². The number of hydrogen-bond acceptors (Lipinski definition) is 3. The summed E-state index contributed by atoms with van der Waals surface area (Å²) in [4.78, 5) is 0. The van der Waals surface area contributed by atoms with Gasteiger partial charge in [-0.25, -0.2) is 0 Å². The molecule has 3 nitrogen and oxygen atoms in total. The second-order valence-corrected chi connectivity index (χ2v) is 10.1. The normalized spacial score (nSPS) is 12.3. The SMILES string of the molecule is CC(C)(C)c1cc(/C=N\N(Cc2ccccc2)c2ccccc2)cc(C(C)(C)C)c1O. The topological polar surface area (TPSA) is 35.8 Å². The highest BCUT2D eigenvalue weighted by atomic mass is 16.3. The summed E-state index contributed by atoms with van der Waals surface area (Å²) >= 11 is 0. The van der Waals surface area contributed by atoms with Gasteiger partial charge in [0.15, 0.2) is 0 Å². The Morgan fingerprint density at radius 3 is 1.74 bits per heavy atom. The molecule has 0 fully saturated rings. The van der Waals surface area contributed by atoms with Crippen LogP contribution in [-0.2, 0) is 17.4 Å². The zero-order valence-electron chi connectivity index (χ0n) is 19.6. The molecular weight excluding hydrogens is 380 g/mol. The number of hydrazone groups is 1. The van der Waals surface area contributed by atoms with Crippen LogP contribution >= 0.6 is 0 Å². The summed E-state index contributed by atoms with van der Waals surface area (Å²) in [6.07, 6.45) is 1.90. The Bertz CT molecular complexity index is 991. The largest absolute Gasteiger partial charge is 0.507 e. The number of aromatic hydroxyl groups is 1. The highest BCUT2D eigenvalue weighted by Gasteiger charge is 2.26. The molecule has 0 aliphatic heterocycles. The first-order valence-electron chi connectivity index (χ1n) is 10.8. The molecule has 31 heavy (non-hydrogen) atoms. The first-order valence-corrected chi connectivity index (χ1v) is 10.8. The third-order valence-electron chi connectivity index (χ3n) is 5.32. The fourth-order valence-corrected chi connectivity index (χ4v) is 3.57. The molecule has 0 unspecified atom stereocenters. The van der Waals surface area contributed by atoms with E-state index in [0.29, 0.717) is 12.3 Å². The van der Waals surface area contributed by atoms with Crippen molar-refractivity contribution in [1.82, 2.24) is 0 Å². The Balaban J connectivity index is 2.03. The van der Waals surface area contributed by atoms with E-state index in [1.54, 1.807) is 0 Å². The molecule has 162 valence electrons. The lowest BCUT2D eigenvalue weighted by molar-refractivity contribution is 0.423. The Kier molecular flexibility index (Phi) is 6.54. The summed E-state index contributed by atoms with van der Waals surface area (Å²) in [7, 11) is 0. The maximum Gasteiger partial charge on any atom is 0.123 e. The lowest BCUT2D eigenvalue weighted by Gasteiger charge is -2.28. The maximum absolute atomic E-state index is 11.0. The molecule has 0 amide bonds. The Labute approximate surface area is 187 Å². The molecule has 3 heteroatoms. The smallest absolute Gasteiger partial charge is 0.123 e. The van der Waals surface area contributed by atoms with Gasteiger partial charge in [0.05, 0.1) is 18.4 Å². The molecule has 0 aliphatic carbocycles. The van der Waals surface area contributed by atoms with Gasteiger partial charge in [-0.1, -0.05) is 90.1 Å². The van der Waals surface area contributed by atoms with E-state index in [0.717, 1.165) is 22.4 Å². The molecule has 0 atom stereocenters. The van der Waals surface area contributed by atoms with Crippen molar-refractivity contribution in [3.05, 3.63) is 95.1 Å². The molecule has 0 bridgehead atoms. The molecule has 3 rings (SSSR count). The van der Waals surface area contributed by atoms with Gasteiger partial charge in [-0.3, -0.25) is 5.01 Å². The highest BCUT2D eigenvalue weighted by molar-refractivity contribution is 5.82. The molecule has 0 heterocycles. The fraction of sp³-hybridized carbons (Fsp3) is 0.321. The van der Waals surface area contributed by atoms with Gasteiger partial charge in [-0.15, -0.1) is 0 Å². The molecule has 0 aromatic heterocycles. The quantitative estimate of drug-likeness (QED) is 0.359. The van der Waals surface area contributed by atoms with Crippen molar-refractivity contribution in [3.8, 4) is 5.75 Å². The van der Waals surface area contributed by atoms with Gasteiger partial charge >= 0.3 is 0 Å². The maximum atomic E-state index is 11.0. The van der Waals surface area contributed by atoms with E-state index < -0.39 is 0 Å². The van der Waals surface area contributed by atoms with Crippen molar-refractivity contribution in [2.45, 2.75) is 58.9 Å². The lowest BCUT2D eigenvalue weighted by atomic mass is 9.78. The van der Waals surface area contributed by atoms with Crippen molar-refractivity contribution in [3.63, 3.8) is 0 Å². The minimum absolute atomic E-state index is 0.170. The van der Waals surface area contributed by atoms with Gasteiger partial charge in [0, 0.05) is 11.1 Å². The van der Waals surface area contributed by atoms with Gasteiger partial charge in [-0.05, 0) is 46.2 Å². The Morgan fingerprint density at radius 2 is 1.26 bits per heavy atom. The first kappa shape index (κ1) is 22.6. The van der Waals surface area contributed by atoms with Crippen LogP contribution in [0.2, 0.25) is 0 Å². The van der Waals surface area contributed by atoms with Crippen molar-refractivity contribution in [2.24, 2.45) is 5.10 Å². The van der Waals surface area contributed by atoms with E-state index in [1.807, 2.05) is 47.6 Å². The van der Waals surface area contributed by atoms with E-state index in [-0.39, 0.29) is 10.8 Å². The predicted molar refractivity (Wildman–Crippen MR) is 132 cm³/mol. The van der Waals surface area contributed by atoms with Crippen molar-refractivity contribution < 1.29 is 5.11 Å². The fourth-order valence-electron chi connectivity index (χ4n) is 3.57. The van der Waals surface area contributed by atoms with E-state index in [9.17, 15) is 5.11 Å². The number of benzene rings is 3. The van der Waals surface area contributed by atoms with Gasteiger partial charge in [0.2, 0.25) is 0 Å². The highest BCUT2D eigenvalue weighted by Crippen LogP contribution is 2.39. The van der Waals surface area contributed by atoms with Crippen LogP contribution in [0.4, 0.5) is 5.69 Å². The van der Waals surface area contributed by atoms with Crippen molar-refractivity contribution >= 4 is 11.9 Å². The van der Waals surface area contributed by atoms with Crippen LogP contribution in [-0.4, -0.2) is 11.3 Å². The summed E-state index contributed by atoms with van der Waals surface area (Å²) in [5.41, 5.74) is 4.76. The monoisotopic (exact) mass is 414 g/mol. The zero-order chi connectivity index (χ0) is 22.6. The number of rotatable bonds is 5. The Hall–Kier alpha value is -3.07. The molecule has 0 spiro atoms. The molecule has 0 aliphatic rings. The minimum Gasteiger partial charge on any atom is -0.507 e. The average molecular weight is 415 g/mol. The minimum atomic E-state index is -0.170. The van der Waals surface area contributed by atoms with E-state index in [4.69, 9.17) is 5.10 Å². The predicted octanol–water partition coefficient (Wildman–Crippen LogP) is 7.03. The molecule has 3 aromatic rings. The molecule has 0 radical (unpaired) electrons. The summed E-state index contributed by atoms with van der Waals surface area (Å²) < 4.78 is 0. The molecule has 0 saturated heterocycles. The molecule has 3 aromatic carbocycles.